The van der Waals surface area contributed by atoms with E-state index in [1.165, 1.54) is 86.3 Å². The second kappa shape index (κ2) is 55.9. The first-order valence-electron chi connectivity index (χ1n) is 43.5. The number of phenols is 2. The van der Waals surface area contributed by atoms with E-state index in [4.69, 9.17) is 5.73 Å². The fraction of sp³-hybridized carbons (Fsp3) is 0.575. The zero-order valence-electron chi connectivity index (χ0n) is 75.4. The Labute approximate surface area is 762 Å². The van der Waals surface area contributed by atoms with Crippen LogP contribution in [0, 0.1) is 11.8 Å². The topological polar surface area (TPSA) is 716 Å². The predicted molar refractivity (Wildman–Crippen MR) is 470 cm³/mol. The van der Waals surface area contributed by atoms with Gasteiger partial charge in [0.1, 0.15) is 89.5 Å². The van der Waals surface area contributed by atoms with Gasteiger partial charge >= 0.3 is 17.9 Å². The average Bonchev–Trinajstić information content (AvgIpc) is 0.881. The van der Waals surface area contributed by atoms with Crippen LogP contribution in [0.15, 0.2) is 78.9 Å². The molecule has 730 valence electrons. The van der Waals surface area contributed by atoms with Crippen LogP contribution in [0.4, 0.5) is 0 Å². The number of nitrogens with zero attached hydrogens (tertiary/aromatic N) is 1. The number of unbranched alkanes of at least 4 members (excludes halogenated alkanes) is 1. The number of nitrogens with two attached hydrogens (primary N) is 1. The first-order chi connectivity index (χ1) is 62.2. The molecule has 16 amide bonds. The minimum absolute atomic E-state index is 0.0783. The number of carbonyl (C=O) groups excluding carboxylic acids is 16. The summed E-state index contributed by atoms with van der Waals surface area (Å²) < 4.78 is 0. The van der Waals surface area contributed by atoms with Gasteiger partial charge < -0.3 is 136 Å². The molecule has 16 atom stereocenters. The molecular weight excluding hydrogens is 1730 g/mol. The largest absolute Gasteiger partial charge is 0.508 e. The minimum atomic E-state index is -2.20. The quantitative estimate of drug-likeness (QED) is 0.0235. The summed E-state index contributed by atoms with van der Waals surface area (Å²) in [5.41, 5.74) is 4.80. The molecule has 0 spiro atoms. The Bertz CT molecular complexity index is 4430. The molecule has 132 heavy (non-hydrogen) atoms. The lowest BCUT2D eigenvalue weighted by Crippen LogP contribution is -2.63. The second-order valence-electron chi connectivity index (χ2n) is 33.5. The number of carboxylic acids is 3. The van der Waals surface area contributed by atoms with Gasteiger partial charge in [0.15, 0.2) is 0 Å². The first kappa shape index (κ1) is 111. The van der Waals surface area contributed by atoms with Gasteiger partial charge in [0.25, 0.3) is 0 Å². The maximum Gasteiger partial charge on any atom is 0.305 e. The van der Waals surface area contributed by atoms with E-state index < -0.39 is 273 Å². The van der Waals surface area contributed by atoms with Crippen LogP contribution in [0.3, 0.4) is 0 Å². The lowest BCUT2D eigenvalue weighted by atomic mass is 9.96. The highest BCUT2D eigenvalue weighted by Crippen LogP contribution is 2.20. The van der Waals surface area contributed by atoms with Crippen LogP contribution in [0.1, 0.15) is 169 Å². The number of carboxylic acid groups (broad SMARTS) is 3. The Morgan fingerprint density at radius 1 is 0.439 bits per heavy atom. The molecule has 4 rings (SSSR count). The predicted octanol–water partition coefficient (Wildman–Crippen LogP) is -4.97. The molecule has 0 bridgehead atoms. The number of piperidine rings is 1. The van der Waals surface area contributed by atoms with Crippen molar-refractivity contribution < 1.29 is 137 Å². The van der Waals surface area contributed by atoms with Crippen molar-refractivity contribution in [2.24, 2.45) is 17.6 Å². The number of amides is 16. The van der Waals surface area contributed by atoms with Crippen LogP contribution in [-0.2, 0) is 110 Å². The van der Waals surface area contributed by atoms with E-state index in [1.807, 2.05) is 0 Å². The molecule has 0 aromatic heterocycles. The normalized spacial score (nSPS) is 15.6. The standard InChI is InChI=1S/C87H129N17O28/c1-10-47(4)71(83(129)96-60(41-53-24-28-55(110)29-25-53)78(124)92-58(38-46(2)3)77(123)95-62(42-69(116)117)76(122)90-48(5)18-14-16-34-88)101-82(128)64(45-106)98-79(125)59(40-52-22-26-54(109)27-23-52)93-80(126)63(43-70(118)119)94-75(121)57(33-37-105)91-85(131)73(50(7)108)102-81(127)61(39-51-19-12-11-13-20-51)97-84(130)72(49(6)107)100-66(112)44-89-74(120)56(30-31-68(114)115)99-86(132)87(8,9)103-65(111)32-36-104-35-17-15-21-67(104)113/h11-13,19-20,22-29,46-50,56-64,71-73,105-110H,10,14-18,21,30-45,88H2,1-9H3,(H,89,120)(H,90,122)(H,91,131)(H,92,124)(H,93,126)(H,94,121)(H,95,123)(H,96,129)(H,97,130)(H,98,125)(H,99,132)(H,100,112)(H,101,128)(H,102,127)(H,103,111)(H,114,115)(H,116,117)(H,118,119)/t47-,48+,49+,50+,56-,57-,58-,59-,60-,61-,62-,63-,64-,71-,72-,73-/m0/s1. The Kier molecular flexibility index (Phi) is 47.1. The highest BCUT2D eigenvalue weighted by molar-refractivity contribution is 6.02. The van der Waals surface area contributed by atoms with Crippen molar-refractivity contribution in [3.63, 3.8) is 0 Å². The number of aliphatic hydroxyl groups excluding tert-OH is 4. The summed E-state index contributed by atoms with van der Waals surface area (Å²) in [6, 6.07) is -4.02. The van der Waals surface area contributed by atoms with Crippen molar-refractivity contribution in [2.75, 3.05) is 39.4 Å². The zero-order chi connectivity index (χ0) is 98.8. The number of rotatable bonds is 58. The van der Waals surface area contributed by atoms with E-state index >= 15 is 0 Å². The third kappa shape index (κ3) is 39.4. The molecule has 1 saturated heterocycles. The molecule has 1 aliphatic rings. The van der Waals surface area contributed by atoms with E-state index in [2.05, 4.69) is 79.8 Å². The summed E-state index contributed by atoms with van der Waals surface area (Å²) in [7, 11) is 0. The number of aliphatic hydroxyl groups is 4. The van der Waals surface area contributed by atoms with Gasteiger partial charge in [-0.1, -0.05) is 95.1 Å². The molecule has 1 fully saturated rings. The summed E-state index contributed by atoms with van der Waals surface area (Å²) in [5, 5.41) is 128. The van der Waals surface area contributed by atoms with Crippen molar-refractivity contribution in [3.05, 3.63) is 95.6 Å². The smallest absolute Gasteiger partial charge is 0.305 e. The van der Waals surface area contributed by atoms with Crippen LogP contribution in [0.2, 0.25) is 0 Å². The monoisotopic (exact) mass is 1860 g/mol. The molecule has 3 aromatic rings. The zero-order valence-corrected chi connectivity index (χ0v) is 75.4. The van der Waals surface area contributed by atoms with E-state index in [0.29, 0.717) is 56.3 Å². The maximum atomic E-state index is 14.7. The molecule has 1 aliphatic heterocycles. The van der Waals surface area contributed by atoms with Crippen molar-refractivity contribution in [1.29, 1.82) is 0 Å². The average molecular weight is 1860 g/mol. The summed E-state index contributed by atoms with van der Waals surface area (Å²) in [4.78, 5) is 261. The van der Waals surface area contributed by atoms with Gasteiger partial charge in [-0.25, -0.2) is 0 Å². The van der Waals surface area contributed by atoms with Gasteiger partial charge in [-0.15, -0.1) is 0 Å². The third-order valence-electron chi connectivity index (χ3n) is 21.3. The van der Waals surface area contributed by atoms with Gasteiger partial charge in [-0.2, -0.15) is 0 Å². The molecule has 26 N–H and O–H groups in total. The summed E-state index contributed by atoms with van der Waals surface area (Å²) in [6.45, 7) is 10.8. The highest BCUT2D eigenvalue weighted by Gasteiger charge is 2.41. The first-order valence-corrected chi connectivity index (χ1v) is 43.5. The van der Waals surface area contributed by atoms with Gasteiger partial charge in [-0.3, -0.25) is 91.1 Å². The summed E-state index contributed by atoms with van der Waals surface area (Å²) in [6.07, 6.45) is -5.49. The van der Waals surface area contributed by atoms with Crippen molar-refractivity contribution >= 4 is 112 Å². The Morgan fingerprint density at radius 2 is 0.864 bits per heavy atom. The molecule has 0 radical (unpaired) electrons. The number of hydrogen-bond donors (Lipinski definition) is 25. The number of phenolic OH excluding ortho intramolecular Hbond substituents is 2. The van der Waals surface area contributed by atoms with Crippen molar-refractivity contribution in [2.45, 2.75) is 268 Å². The lowest BCUT2D eigenvalue weighted by molar-refractivity contribution is -0.142. The number of aliphatic carboxylic acids is 3. The van der Waals surface area contributed by atoms with Gasteiger partial charge in [0, 0.05) is 64.3 Å². The SMILES string of the molecule is CC[C@H](C)[C@H](NC(=O)[C@H](CO)NC(=O)[C@H](Cc1ccc(O)cc1)NC(=O)[C@H](CC(=O)O)NC(=O)[C@H](CCO)NC(=O)[C@@H](NC(=O)[C@H](Cc1ccccc1)NC(=O)[C@@H](NC(=O)CNC(=O)[C@H](CCC(=O)O)NC(=O)C(C)(C)NC(=O)CCN1CCCCC1=O)[C@@H](C)O)[C@@H](C)O)C(=O)N[C@@H](Cc1ccc(O)cc1)C(=O)N[C@@H](CC(C)C)C(=O)N[C@@H](CC(=O)O)C(=O)N[C@H](C)CCCCN. The van der Waals surface area contributed by atoms with Gasteiger partial charge in [-0.05, 0) is 139 Å². The summed E-state index contributed by atoms with van der Waals surface area (Å²) in [5.74, 6) is -23.1. The van der Waals surface area contributed by atoms with Gasteiger partial charge in [0.2, 0.25) is 94.5 Å². The number of hydrogen-bond acceptors (Lipinski definition) is 26. The van der Waals surface area contributed by atoms with Gasteiger partial charge in [0.05, 0.1) is 38.2 Å². The number of likely N-dealkylation sites (tertiary alicyclic amines) is 1. The minimum Gasteiger partial charge on any atom is -0.508 e. The number of nitrogens with one attached hydrogen (secondary N) is 15. The Balaban J connectivity index is 1.56. The Hall–Kier alpha value is -13.0. The fourth-order valence-electron chi connectivity index (χ4n) is 13.6. The molecule has 0 saturated carbocycles. The van der Waals surface area contributed by atoms with E-state index in [-0.39, 0.29) is 61.1 Å². The van der Waals surface area contributed by atoms with Crippen LogP contribution in [0.5, 0.6) is 11.5 Å². The van der Waals surface area contributed by atoms with E-state index in [1.54, 1.807) is 45.9 Å². The molecule has 3 aromatic carbocycles. The molecule has 45 heteroatoms. The van der Waals surface area contributed by atoms with Crippen molar-refractivity contribution in [3.8, 4) is 11.5 Å². The van der Waals surface area contributed by atoms with Crippen LogP contribution >= 0.6 is 0 Å². The highest BCUT2D eigenvalue weighted by atomic mass is 16.4. The van der Waals surface area contributed by atoms with Crippen LogP contribution in [0.25, 0.3) is 0 Å². The third-order valence-corrected chi connectivity index (χ3v) is 21.3. The molecule has 45 nitrogen and oxygen atoms in total. The second-order valence-corrected chi connectivity index (χ2v) is 33.5. The maximum absolute atomic E-state index is 14.7. The molecule has 1 heterocycles. The number of benzene rings is 3. The Morgan fingerprint density at radius 3 is 1.34 bits per heavy atom. The van der Waals surface area contributed by atoms with Crippen LogP contribution in [-0.4, -0.2) is 299 Å². The van der Waals surface area contributed by atoms with Crippen LogP contribution < -0.4 is 85.5 Å². The fourth-order valence-corrected chi connectivity index (χ4v) is 13.6. The van der Waals surface area contributed by atoms with E-state index in [9.17, 15) is 137 Å². The number of carbonyl (C=O) groups is 19. The molecular formula is C87H129N17O28. The molecule has 0 unspecified atom stereocenters. The van der Waals surface area contributed by atoms with Crippen molar-refractivity contribution in [1.82, 2.24) is 84.7 Å². The molecule has 0 aliphatic carbocycles. The number of aromatic hydroxyl groups is 2. The summed E-state index contributed by atoms with van der Waals surface area (Å²) >= 11 is 0. The van der Waals surface area contributed by atoms with E-state index in [0.717, 1.165) is 20.3 Å². The lowest BCUT2D eigenvalue weighted by Gasteiger charge is -2.30.